The predicted octanol–water partition coefficient (Wildman–Crippen LogP) is 1.68. The van der Waals surface area contributed by atoms with E-state index < -0.39 is 22.0 Å². The molecule has 1 aromatic heterocycles. The largest absolute Gasteiger partial charge is 0.479 e. The monoisotopic (exact) mass is 418 g/mol. The summed E-state index contributed by atoms with van der Waals surface area (Å²) in [5.74, 6) is -0.194. The van der Waals surface area contributed by atoms with E-state index in [1.807, 2.05) is 6.92 Å². The van der Waals surface area contributed by atoms with Gasteiger partial charge in [-0.25, -0.2) is 13.4 Å². The highest BCUT2D eigenvalue weighted by atomic mass is 32.2. The molecular formula is C19H22N4O5S. The van der Waals surface area contributed by atoms with E-state index in [-0.39, 0.29) is 23.1 Å². The van der Waals surface area contributed by atoms with Crippen LogP contribution >= 0.6 is 0 Å². The lowest BCUT2D eigenvalue weighted by Crippen LogP contribution is -2.36. The summed E-state index contributed by atoms with van der Waals surface area (Å²) in [5.41, 5.74) is 1.76. The second-order valence-corrected chi connectivity index (χ2v) is 8.90. The Morgan fingerprint density at radius 1 is 1.31 bits per heavy atom. The fourth-order valence-corrected chi connectivity index (χ4v) is 4.21. The summed E-state index contributed by atoms with van der Waals surface area (Å²) in [5, 5.41) is 5.26. The molecule has 2 heterocycles. The number of aromatic nitrogens is 1. The molecule has 2 N–H and O–H groups in total. The van der Waals surface area contributed by atoms with Crippen molar-refractivity contribution < 1.29 is 22.7 Å². The lowest BCUT2D eigenvalue weighted by molar-refractivity contribution is -0.122. The number of hydrogen-bond donors (Lipinski definition) is 2. The number of aryl methyl sites for hydroxylation is 2. The quantitative estimate of drug-likeness (QED) is 0.763. The number of ether oxygens (including phenoxy) is 1. The number of sulfonamides is 1. The Kier molecular flexibility index (Phi) is 5.58. The molecule has 1 aliphatic rings. The zero-order valence-electron chi connectivity index (χ0n) is 16.5. The zero-order valence-corrected chi connectivity index (χ0v) is 17.3. The van der Waals surface area contributed by atoms with Gasteiger partial charge in [-0.2, -0.15) is 4.31 Å². The van der Waals surface area contributed by atoms with E-state index in [0.717, 1.165) is 9.87 Å². The number of hydrogen-bond acceptors (Lipinski definition) is 6. The van der Waals surface area contributed by atoms with Crippen LogP contribution in [0.3, 0.4) is 0 Å². The Morgan fingerprint density at radius 2 is 2.03 bits per heavy atom. The van der Waals surface area contributed by atoms with Crippen LogP contribution < -0.4 is 15.4 Å². The van der Waals surface area contributed by atoms with Crippen molar-refractivity contribution in [1.29, 1.82) is 0 Å². The van der Waals surface area contributed by atoms with Crippen LogP contribution in [-0.2, 0) is 19.6 Å². The third-order valence-corrected chi connectivity index (χ3v) is 6.39. The molecule has 1 aliphatic heterocycles. The van der Waals surface area contributed by atoms with E-state index >= 15 is 0 Å². The van der Waals surface area contributed by atoms with Crippen LogP contribution in [0.4, 0.5) is 11.5 Å². The first-order valence-electron chi connectivity index (χ1n) is 8.89. The Morgan fingerprint density at radius 3 is 2.72 bits per heavy atom. The molecule has 1 atom stereocenters. The molecule has 9 nitrogen and oxygen atoms in total. The smallest absolute Gasteiger partial charge is 0.265 e. The minimum Gasteiger partial charge on any atom is -0.479 e. The van der Waals surface area contributed by atoms with Gasteiger partial charge in [0.25, 0.3) is 5.91 Å². The number of fused-ring (bicyclic) bond motifs is 1. The van der Waals surface area contributed by atoms with Crippen LogP contribution in [0, 0.1) is 13.8 Å². The average molecular weight is 418 g/mol. The lowest BCUT2D eigenvalue weighted by Gasteiger charge is -2.25. The molecule has 0 bridgehead atoms. The highest BCUT2D eigenvalue weighted by Crippen LogP contribution is 2.35. The van der Waals surface area contributed by atoms with Gasteiger partial charge >= 0.3 is 0 Å². The minimum atomic E-state index is -3.97. The van der Waals surface area contributed by atoms with Gasteiger partial charge < -0.3 is 15.4 Å². The molecule has 0 radical (unpaired) electrons. The fourth-order valence-electron chi connectivity index (χ4n) is 2.86. The molecule has 29 heavy (non-hydrogen) atoms. The number of anilines is 2. The van der Waals surface area contributed by atoms with Crippen molar-refractivity contribution in [3.63, 3.8) is 0 Å². The van der Waals surface area contributed by atoms with E-state index in [1.54, 1.807) is 32.2 Å². The van der Waals surface area contributed by atoms with Gasteiger partial charge in [-0.3, -0.25) is 9.59 Å². The molecule has 2 amide bonds. The third kappa shape index (κ3) is 4.38. The van der Waals surface area contributed by atoms with Crippen molar-refractivity contribution in [3.8, 4) is 5.75 Å². The van der Waals surface area contributed by atoms with E-state index in [0.29, 0.717) is 17.1 Å². The highest BCUT2D eigenvalue weighted by molar-refractivity contribution is 7.89. The third-order valence-electron chi connectivity index (χ3n) is 4.45. The maximum Gasteiger partial charge on any atom is 0.265 e. The molecule has 1 aromatic carbocycles. The van der Waals surface area contributed by atoms with Crippen molar-refractivity contribution >= 4 is 33.3 Å². The summed E-state index contributed by atoms with van der Waals surface area (Å²) in [6.07, 6.45) is 0.827. The summed E-state index contributed by atoms with van der Waals surface area (Å²) in [6, 6.07) is 6.38. The van der Waals surface area contributed by atoms with Crippen molar-refractivity contribution in [1.82, 2.24) is 9.29 Å². The first-order chi connectivity index (χ1) is 13.6. The van der Waals surface area contributed by atoms with E-state index in [9.17, 15) is 18.0 Å². The molecule has 3 rings (SSSR count). The molecule has 0 fully saturated rings. The van der Waals surface area contributed by atoms with Crippen LogP contribution in [0.25, 0.3) is 0 Å². The van der Waals surface area contributed by atoms with Crippen molar-refractivity contribution in [2.45, 2.75) is 31.8 Å². The molecule has 0 spiro atoms. The van der Waals surface area contributed by atoms with Crippen LogP contribution in [0.1, 0.15) is 18.1 Å². The van der Waals surface area contributed by atoms with Gasteiger partial charge in [0.05, 0.1) is 17.1 Å². The van der Waals surface area contributed by atoms with E-state index in [4.69, 9.17) is 4.74 Å². The molecule has 10 heteroatoms. The van der Waals surface area contributed by atoms with Gasteiger partial charge in [0.1, 0.15) is 11.6 Å². The number of nitrogens with zero attached hydrogens (tertiary/aromatic N) is 2. The van der Waals surface area contributed by atoms with Gasteiger partial charge in [-0.05, 0) is 50.1 Å². The summed E-state index contributed by atoms with van der Waals surface area (Å²) in [7, 11) is -2.65. The van der Waals surface area contributed by atoms with Crippen molar-refractivity contribution in [2.24, 2.45) is 0 Å². The maximum absolute atomic E-state index is 13.0. The SMILES string of the molecule is Cc1ccnc(NC(=O)CN(C)S(=O)(=O)c2cc3c(cc2C)NC(=O)[C@@H](C)O3)c1. The van der Waals surface area contributed by atoms with E-state index in [2.05, 4.69) is 15.6 Å². The van der Waals surface area contributed by atoms with Crippen LogP contribution in [0.2, 0.25) is 0 Å². The van der Waals surface area contributed by atoms with Gasteiger partial charge in [0, 0.05) is 19.3 Å². The predicted molar refractivity (Wildman–Crippen MR) is 107 cm³/mol. The van der Waals surface area contributed by atoms with Gasteiger partial charge in [-0.1, -0.05) is 0 Å². The first-order valence-corrected chi connectivity index (χ1v) is 10.3. The Labute approximate surface area is 169 Å². The molecule has 2 aromatic rings. The number of carbonyl (C=O) groups is 2. The Bertz CT molecular complexity index is 1080. The summed E-state index contributed by atoms with van der Waals surface area (Å²) >= 11 is 0. The fraction of sp³-hybridized carbons (Fsp3) is 0.316. The molecule has 0 saturated heterocycles. The Hall–Kier alpha value is -2.98. The first kappa shape index (κ1) is 20.7. The number of carbonyl (C=O) groups excluding carboxylic acids is 2. The van der Waals surface area contributed by atoms with Crippen molar-refractivity contribution in [3.05, 3.63) is 41.6 Å². The number of pyridine rings is 1. The highest BCUT2D eigenvalue weighted by Gasteiger charge is 2.30. The number of rotatable bonds is 5. The van der Waals surface area contributed by atoms with Crippen LogP contribution in [0.5, 0.6) is 5.75 Å². The van der Waals surface area contributed by atoms with Gasteiger partial charge in [0.15, 0.2) is 6.10 Å². The minimum absolute atomic E-state index is 0.00331. The number of likely N-dealkylation sites (N-methyl/N-ethyl adjacent to an activating group) is 1. The lowest BCUT2D eigenvalue weighted by atomic mass is 10.1. The van der Waals surface area contributed by atoms with Crippen LogP contribution in [0.15, 0.2) is 35.4 Å². The van der Waals surface area contributed by atoms with Gasteiger partial charge in [0.2, 0.25) is 15.9 Å². The normalized spacial score (nSPS) is 16.0. The maximum atomic E-state index is 13.0. The Balaban J connectivity index is 1.80. The summed E-state index contributed by atoms with van der Waals surface area (Å²) in [4.78, 5) is 28.1. The molecule has 0 aliphatic carbocycles. The molecular weight excluding hydrogens is 396 g/mol. The number of benzene rings is 1. The molecule has 0 saturated carbocycles. The average Bonchev–Trinajstić information content (AvgIpc) is 2.62. The van der Waals surface area contributed by atoms with Crippen molar-refractivity contribution in [2.75, 3.05) is 24.2 Å². The number of nitrogens with one attached hydrogen (secondary N) is 2. The standard InChI is InChI=1S/C19H22N4O5S/c1-11-5-6-20-17(7-11)22-18(24)10-23(4)29(26,27)16-9-15-14(8-12(16)2)21-19(25)13(3)28-15/h5-9,13H,10H2,1-4H3,(H,21,25)(H,20,22,24)/t13-/m1/s1. The topological polar surface area (TPSA) is 118 Å². The van der Waals surface area contributed by atoms with E-state index in [1.165, 1.54) is 19.2 Å². The van der Waals surface area contributed by atoms with Gasteiger partial charge in [-0.15, -0.1) is 0 Å². The summed E-state index contributed by atoms with van der Waals surface area (Å²) in [6.45, 7) is 4.66. The molecule has 154 valence electrons. The summed E-state index contributed by atoms with van der Waals surface area (Å²) < 4.78 is 32.5. The zero-order chi connectivity index (χ0) is 21.3. The van der Waals surface area contributed by atoms with Crippen LogP contribution in [-0.4, -0.2) is 49.2 Å². The second-order valence-electron chi connectivity index (χ2n) is 6.89. The molecule has 0 unspecified atom stereocenters. The second kappa shape index (κ2) is 7.80. The number of amides is 2.